The van der Waals surface area contributed by atoms with Crippen LogP contribution in [0.5, 0.6) is 0 Å². The minimum absolute atomic E-state index is 0. The Morgan fingerprint density at radius 3 is 2.21 bits per heavy atom. The van der Waals surface area contributed by atoms with E-state index in [2.05, 4.69) is 0 Å². The van der Waals surface area contributed by atoms with Gasteiger partial charge in [-0.25, -0.2) is 8.42 Å². The highest BCUT2D eigenvalue weighted by molar-refractivity contribution is 7.72. The van der Waals surface area contributed by atoms with E-state index < -0.39 is 16.3 Å². The summed E-state index contributed by atoms with van der Waals surface area (Å²) in [7, 11) is -2.27. The lowest BCUT2D eigenvalue weighted by Gasteiger charge is -2.34. The standard InChI is InChI=1S/C8H17NO3S.ClH/c9-6-8(10)3-1-7(2-4-8)5-13(11)12;/h7,10,13H,1-6,9H2;1H/t7-,8+;. The van der Waals surface area contributed by atoms with Gasteiger partial charge in [-0.15, -0.1) is 12.4 Å². The van der Waals surface area contributed by atoms with Crippen molar-refractivity contribution in [1.29, 1.82) is 0 Å². The zero-order valence-electron chi connectivity index (χ0n) is 8.02. The molecule has 0 aromatic heterocycles. The van der Waals surface area contributed by atoms with Crippen LogP contribution in [-0.4, -0.2) is 31.4 Å². The summed E-state index contributed by atoms with van der Waals surface area (Å²) in [5, 5.41) is 9.76. The molecule has 0 aromatic carbocycles. The number of aliphatic hydroxyl groups is 1. The first-order valence-corrected chi connectivity index (χ1v) is 5.96. The number of rotatable bonds is 3. The van der Waals surface area contributed by atoms with Crippen LogP contribution in [0, 0.1) is 5.92 Å². The Bertz CT molecular complexity index is 229. The fraction of sp³-hybridized carbons (Fsp3) is 1.00. The van der Waals surface area contributed by atoms with Gasteiger partial charge in [0.2, 0.25) is 0 Å². The van der Waals surface area contributed by atoms with E-state index in [0.29, 0.717) is 12.8 Å². The van der Waals surface area contributed by atoms with Gasteiger partial charge in [0, 0.05) is 6.54 Å². The summed E-state index contributed by atoms with van der Waals surface area (Å²) < 4.78 is 20.9. The summed E-state index contributed by atoms with van der Waals surface area (Å²) >= 11 is 0. The molecule has 0 unspecified atom stereocenters. The molecule has 4 nitrogen and oxygen atoms in total. The number of hydrogen-bond donors (Lipinski definition) is 3. The fourth-order valence-corrected chi connectivity index (χ4v) is 2.60. The minimum atomic E-state index is -2.27. The minimum Gasteiger partial charge on any atom is -0.389 e. The monoisotopic (exact) mass is 243 g/mol. The first kappa shape index (κ1) is 14.2. The van der Waals surface area contributed by atoms with Gasteiger partial charge in [-0.3, -0.25) is 0 Å². The first-order valence-electron chi connectivity index (χ1n) is 4.60. The third-order valence-electron chi connectivity index (χ3n) is 2.82. The molecule has 0 saturated heterocycles. The SMILES string of the molecule is Cl.NC[C@]1(O)CC[C@@H](C[SH](=O)=O)CC1. The van der Waals surface area contributed by atoms with Crippen molar-refractivity contribution < 1.29 is 13.5 Å². The Labute approximate surface area is 92.2 Å². The predicted octanol–water partition coefficient (Wildman–Crippen LogP) is -0.100. The van der Waals surface area contributed by atoms with Crippen LogP contribution in [0.25, 0.3) is 0 Å². The number of halogens is 1. The van der Waals surface area contributed by atoms with Crippen LogP contribution in [0.2, 0.25) is 0 Å². The summed E-state index contributed by atoms with van der Waals surface area (Å²) in [6.07, 6.45) is 2.82. The van der Waals surface area contributed by atoms with Crippen LogP contribution < -0.4 is 5.73 Å². The van der Waals surface area contributed by atoms with Crippen molar-refractivity contribution in [3.63, 3.8) is 0 Å². The lowest BCUT2D eigenvalue weighted by atomic mass is 9.80. The van der Waals surface area contributed by atoms with E-state index in [1.807, 2.05) is 0 Å². The maximum absolute atomic E-state index is 10.4. The molecule has 3 N–H and O–H groups in total. The summed E-state index contributed by atoms with van der Waals surface area (Å²) in [5.41, 5.74) is 4.68. The molecule has 1 fully saturated rings. The second-order valence-corrected chi connectivity index (χ2v) is 4.92. The molecule has 0 aliphatic heterocycles. The van der Waals surface area contributed by atoms with Crippen LogP contribution in [0.1, 0.15) is 25.7 Å². The third-order valence-corrected chi connectivity index (χ3v) is 3.64. The summed E-state index contributed by atoms with van der Waals surface area (Å²) in [4.78, 5) is 0. The fourth-order valence-electron chi connectivity index (χ4n) is 1.81. The molecule has 0 spiro atoms. The molecule has 1 aliphatic rings. The number of hydrogen-bond acceptors (Lipinski definition) is 4. The molecule has 0 atom stereocenters. The lowest BCUT2D eigenvalue weighted by molar-refractivity contribution is 0.00170. The van der Waals surface area contributed by atoms with Gasteiger partial charge in [-0.2, -0.15) is 0 Å². The molecule has 6 heteroatoms. The maximum Gasteiger partial charge on any atom is 0.140 e. The highest BCUT2D eigenvalue weighted by atomic mass is 35.5. The summed E-state index contributed by atoms with van der Waals surface area (Å²) in [5.74, 6) is 0.489. The average molecular weight is 244 g/mol. The topological polar surface area (TPSA) is 80.4 Å². The Balaban J connectivity index is 0.00000169. The molecule has 86 valence electrons. The van der Waals surface area contributed by atoms with Gasteiger partial charge in [0.05, 0.1) is 11.4 Å². The highest BCUT2D eigenvalue weighted by Gasteiger charge is 2.31. The van der Waals surface area contributed by atoms with Crippen LogP contribution in [0.4, 0.5) is 0 Å². The first-order chi connectivity index (χ1) is 6.06. The van der Waals surface area contributed by atoms with Gasteiger partial charge in [0.25, 0.3) is 0 Å². The van der Waals surface area contributed by atoms with E-state index in [9.17, 15) is 13.5 Å². The van der Waals surface area contributed by atoms with Crippen LogP contribution in [-0.2, 0) is 10.7 Å². The Hall–Kier alpha value is 0.160. The molecular weight excluding hydrogens is 226 g/mol. The highest BCUT2D eigenvalue weighted by Crippen LogP contribution is 2.31. The second-order valence-electron chi connectivity index (χ2n) is 3.89. The van der Waals surface area contributed by atoms with Crippen molar-refractivity contribution in [3.05, 3.63) is 0 Å². The van der Waals surface area contributed by atoms with Crippen molar-refractivity contribution in [1.82, 2.24) is 0 Å². The van der Waals surface area contributed by atoms with E-state index in [0.717, 1.165) is 12.8 Å². The quantitative estimate of drug-likeness (QED) is 0.605. The van der Waals surface area contributed by atoms with E-state index >= 15 is 0 Å². The smallest absolute Gasteiger partial charge is 0.140 e. The third kappa shape index (κ3) is 4.13. The van der Waals surface area contributed by atoms with E-state index in [1.54, 1.807) is 0 Å². The van der Waals surface area contributed by atoms with Gasteiger partial charge in [0.15, 0.2) is 0 Å². The maximum atomic E-state index is 10.4. The molecule has 14 heavy (non-hydrogen) atoms. The van der Waals surface area contributed by atoms with Gasteiger partial charge in [-0.1, -0.05) is 0 Å². The molecular formula is C8H18ClNO3S. The van der Waals surface area contributed by atoms with Crippen molar-refractivity contribution in [3.8, 4) is 0 Å². The normalized spacial score (nSPS) is 32.6. The lowest BCUT2D eigenvalue weighted by Crippen LogP contribution is -2.41. The van der Waals surface area contributed by atoms with Crippen molar-refractivity contribution in [2.45, 2.75) is 31.3 Å². The molecule has 0 radical (unpaired) electrons. The molecule has 0 aromatic rings. The van der Waals surface area contributed by atoms with E-state index in [4.69, 9.17) is 5.73 Å². The number of thiol groups is 1. The van der Waals surface area contributed by atoms with Crippen molar-refractivity contribution >= 4 is 23.1 Å². The molecule has 0 bridgehead atoms. The van der Waals surface area contributed by atoms with Crippen LogP contribution in [0.15, 0.2) is 0 Å². The van der Waals surface area contributed by atoms with Gasteiger partial charge >= 0.3 is 0 Å². The van der Waals surface area contributed by atoms with Gasteiger partial charge in [0.1, 0.15) is 10.7 Å². The van der Waals surface area contributed by atoms with E-state index in [1.165, 1.54) is 0 Å². The second kappa shape index (κ2) is 5.90. The Morgan fingerprint density at radius 2 is 1.86 bits per heavy atom. The zero-order chi connectivity index (χ0) is 9.90. The van der Waals surface area contributed by atoms with Crippen molar-refractivity contribution in [2.24, 2.45) is 11.7 Å². The van der Waals surface area contributed by atoms with Crippen molar-refractivity contribution in [2.75, 3.05) is 12.3 Å². The van der Waals surface area contributed by atoms with E-state index in [-0.39, 0.29) is 30.6 Å². The van der Waals surface area contributed by atoms with Gasteiger partial charge in [-0.05, 0) is 31.6 Å². The largest absolute Gasteiger partial charge is 0.389 e. The molecule has 1 saturated carbocycles. The Morgan fingerprint density at radius 1 is 1.36 bits per heavy atom. The zero-order valence-corrected chi connectivity index (χ0v) is 9.73. The average Bonchev–Trinajstić information content (AvgIpc) is 2.09. The molecule has 0 heterocycles. The predicted molar refractivity (Wildman–Crippen MR) is 58.4 cm³/mol. The summed E-state index contributed by atoms with van der Waals surface area (Å²) in [6, 6.07) is 0. The number of nitrogens with two attached hydrogens (primary N) is 1. The molecule has 1 aliphatic carbocycles. The Kier molecular flexibility index (Phi) is 5.97. The van der Waals surface area contributed by atoms with Crippen LogP contribution in [0.3, 0.4) is 0 Å². The van der Waals surface area contributed by atoms with Gasteiger partial charge < -0.3 is 10.8 Å². The van der Waals surface area contributed by atoms with Crippen LogP contribution >= 0.6 is 12.4 Å². The molecule has 0 amide bonds. The molecule has 1 rings (SSSR count). The summed E-state index contributed by atoms with van der Waals surface area (Å²) in [6.45, 7) is 0.281.